The molecule has 174 valence electrons. The summed E-state index contributed by atoms with van der Waals surface area (Å²) >= 11 is 4.60. The first-order valence-corrected chi connectivity index (χ1v) is 12.6. The van der Waals surface area contributed by atoms with E-state index in [2.05, 4.69) is 26.0 Å². The second-order valence-electron chi connectivity index (χ2n) is 7.96. The molecule has 0 aliphatic rings. The van der Waals surface area contributed by atoms with Gasteiger partial charge in [0.1, 0.15) is 0 Å². The summed E-state index contributed by atoms with van der Waals surface area (Å²) in [5.74, 6) is 0. The smallest absolute Gasteiger partial charge is 0.266 e. The highest BCUT2D eigenvalue weighted by Crippen LogP contribution is 2.26. The molecule has 9 heteroatoms. The third-order valence-corrected chi connectivity index (χ3v) is 7.09. The van der Waals surface area contributed by atoms with Crippen LogP contribution in [0.2, 0.25) is 0 Å². The van der Waals surface area contributed by atoms with Gasteiger partial charge in [0.05, 0.1) is 15.9 Å². The number of hydrogen-bond acceptors (Lipinski definition) is 6. The summed E-state index contributed by atoms with van der Waals surface area (Å²) in [4.78, 5) is 30.3. The normalized spacial score (nSPS) is 11.9. The third kappa shape index (κ3) is 4.08. The highest BCUT2D eigenvalue weighted by atomic mass is 79.9. The lowest BCUT2D eigenvalue weighted by molar-refractivity contribution is 0.873. The maximum atomic E-state index is 13.3. The molecule has 0 spiro atoms. The van der Waals surface area contributed by atoms with Gasteiger partial charge in [0, 0.05) is 27.4 Å². The molecule has 0 atom stereocenters. The maximum absolute atomic E-state index is 13.3. The van der Waals surface area contributed by atoms with Crippen molar-refractivity contribution in [1.29, 1.82) is 0 Å². The van der Waals surface area contributed by atoms with Gasteiger partial charge in [0.2, 0.25) is 4.96 Å². The van der Waals surface area contributed by atoms with Crippen LogP contribution in [0.25, 0.3) is 39.2 Å². The fourth-order valence-electron chi connectivity index (χ4n) is 3.87. The number of hydrogen-bond donors (Lipinski definition) is 0. The summed E-state index contributed by atoms with van der Waals surface area (Å²) in [6, 6.07) is 26.6. The molecule has 6 rings (SSSR count). The molecule has 0 radical (unpaired) electrons. The van der Waals surface area contributed by atoms with Crippen LogP contribution >= 0.6 is 27.3 Å². The molecular formula is C27H16BrN5O2S. The van der Waals surface area contributed by atoms with Crippen LogP contribution in [0.1, 0.15) is 5.56 Å². The molecule has 0 unspecified atom stereocenters. The minimum absolute atomic E-state index is 0.141. The van der Waals surface area contributed by atoms with E-state index in [1.165, 1.54) is 4.52 Å². The average Bonchev–Trinajstić information content (AvgIpc) is 3.46. The number of aromatic nitrogens is 5. The van der Waals surface area contributed by atoms with E-state index in [1.807, 2.05) is 79.0 Å². The Balaban J connectivity index is 1.55. The lowest BCUT2D eigenvalue weighted by atomic mass is 10.1. The molecule has 0 bridgehead atoms. The molecule has 0 aliphatic heterocycles. The van der Waals surface area contributed by atoms with Crippen molar-refractivity contribution in [2.75, 3.05) is 0 Å². The predicted molar refractivity (Wildman–Crippen MR) is 144 cm³/mol. The minimum Gasteiger partial charge on any atom is -0.266 e. The zero-order valence-corrected chi connectivity index (χ0v) is 21.0. The number of benzene rings is 3. The molecule has 0 amide bonds. The van der Waals surface area contributed by atoms with Gasteiger partial charge in [-0.2, -0.15) is 19.7 Å². The number of rotatable bonds is 4. The topological polar surface area (TPSA) is 82.1 Å². The molecule has 3 heterocycles. The summed E-state index contributed by atoms with van der Waals surface area (Å²) in [7, 11) is 0. The van der Waals surface area contributed by atoms with E-state index in [0.29, 0.717) is 10.1 Å². The van der Waals surface area contributed by atoms with Crippen LogP contribution in [0.4, 0.5) is 0 Å². The van der Waals surface area contributed by atoms with Gasteiger partial charge >= 0.3 is 5.56 Å². The fourth-order valence-corrected chi connectivity index (χ4v) is 5.02. The van der Waals surface area contributed by atoms with Gasteiger partial charge in [-0.25, -0.2) is 4.68 Å². The van der Waals surface area contributed by atoms with E-state index >= 15 is 0 Å². The van der Waals surface area contributed by atoms with Crippen LogP contribution < -0.4 is 15.7 Å². The van der Waals surface area contributed by atoms with Crippen LogP contribution in [-0.2, 0) is 0 Å². The molecule has 0 aliphatic carbocycles. The van der Waals surface area contributed by atoms with E-state index in [0.717, 1.165) is 38.3 Å². The van der Waals surface area contributed by atoms with Crippen LogP contribution in [-0.4, -0.2) is 24.4 Å². The summed E-state index contributed by atoms with van der Waals surface area (Å²) in [5.41, 5.74) is 3.24. The highest BCUT2D eigenvalue weighted by molar-refractivity contribution is 9.10. The van der Waals surface area contributed by atoms with Crippen molar-refractivity contribution >= 4 is 38.3 Å². The number of fused-ring (bicyclic) bond motifs is 1. The molecule has 0 N–H and O–H groups in total. The molecule has 0 fully saturated rings. The Bertz CT molecular complexity index is 1880. The Hall–Kier alpha value is -4.21. The molecule has 0 saturated carbocycles. The Morgan fingerprint density at radius 3 is 2.17 bits per heavy atom. The molecule has 6 aromatic rings. The summed E-state index contributed by atoms with van der Waals surface area (Å²) < 4.78 is 4.35. The van der Waals surface area contributed by atoms with Crippen molar-refractivity contribution in [3.8, 4) is 28.2 Å². The Labute approximate surface area is 216 Å². The average molecular weight is 554 g/mol. The predicted octanol–water partition coefficient (Wildman–Crippen LogP) is 4.34. The fraction of sp³-hybridized carbons (Fsp3) is 0. The van der Waals surface area contributed by atoms with Gasteiger partial charge in [-0.05, 0) is 30.3 Å². The SMILES string of the molecule is O=c1nc2sc(=Cc3cn(-c4ccccc4)nc3-c3ccc(Br)cc3)c(=O)n2nc1-c1ccccc1. The van der Waals surface area contributed by atoms with Crippen molar-refractivity contribution in [2.45, 2.75) is 0 Å². The zero-order chi connectivity index (χ0) is 24.6. The number of nitrogens with zero attached hydrogens (tertiary/aromatic N) is 5. The minimum atomic E-state index is -0.471. The number of thiazole rings is 1. The van der Waals surface area contributed by atoms with Crippen LogP contribution in [0.3, 0.4) is 0 Å². The van der Waals surface area contributed by atoms with Crippen LogP contribution in [0.15, 0.2) is 105 Å². The zero-order valence-electron chi connectivity index (χ0n) is 18.6. The van der Waals surface area contributed by atoms with Crippen LogP contribution in [0.5, 0.6) is 0 Å². The van der Waals surface area contributed by atoms with Gasteiger partial charge in [-0.3, -0.25) is 9.59 Å². The van der Waals surface area contributed by atoms with Crippen molar-refractivity contribution in [3.05, 3.63) is 126 Å². The standard InChI is InChI=1S/C27H16BrN5O2S/c28-20-13-11-18(12-14-20)23-19(16-32(30-23)21-9-5-2-6-10-21)15-22-26(35)33-27(36-22)29-25(34)24(31-33)17-7-3-1-4-8-17/h1-16H. The maximum Gasteiger partial charge on any atom is 0.300 e. The van der Waals surface area contributed by atoms with E-state index < -0.39 is 5.56 Å². The lowest BCUT2D eigenvalue weighted by Gasteiger charge is -2.00. The Kier molecular flexibility index (Phi) is 5.63. The molecule has 3 aromatic carbocycles. The van der Waals surface area contributed by atoms with E-state index in [4.69, 9.17) is 5.10 Å². The summed E-state index contributed by atoms with van der Waals surface area (Å²) in [5, 5.41) is 9.16. The van der Waals surface area contributed by atoms with Crippen molar-refractivity contribution in [2.24, 2.45) is 0 Å². The monoisotopic (exact) mass is 553 g/mol. The first-order valence-electron chi connectivity index (χ1n) is 11.0. The molecule has 36 heavy (non-hydrogen) atoms. The second-order valence-corrected chi connectivity index (χ2v) is 9.89. The third-order valence-electron chi connectivity index (χ3n) is 5.60. The van der Waals surface area contributed by atoms with E-state index in [1.54, 1.807) is 22.9 Å². The van der Waals surface area contributed by atoms with Crippen molar-refractivity contribution < 1.29 is 0 Å². The van der Waals surface area contributed by atoms with Crippen molar-refractivity contribution in [1.82, 2.24) is 24.4 Å². The van der Waals surface area contributed by atoms with Gasteiger partial charge < -0.3 is 0 Å². The lowest BCUT2D eigenvalue weighted by Crippen LogP contribution is -2.26. The first-order chi connectivity index (χ1) is 17.6. The first kappa shape index (κ1) is 22.3. The van der Waals surface area contributed by atoms with Crippen LogP contribution in [0, 0.1) is 0 Å². The number of halogens is 1. The highest BCUT2D eigenvalue weighted by Gasteiger charge is 2.15. The van der Waals surface area contributed by atoms with Gasteiger partial charge in [-0.15, -0.1) is 0 Å². The largest absolute Gasteiger partial charge is 0.300 e. The molecule has 3 aromatic heterocycles. The van der Waals surface area contributed by atoms with E-state index in [9.17, 15) is 9.59 Å². The Morgan fingerprint density at radius 2 is 1.44 bits per heavy atom. The Morgan fingerprint density at radius 1 is 0.778 bits per heavy atom. The molecule has 0 saturated heterocycles. The summed E-state index contributed by atoms with van der Waals surface area (Å²) in [6.07, 6.45) is 3.66. The second kappa shape index (κ2) is 9.10. The van der Waals surface area contributed by atoms with Gasteiger partial charge in [0.15, 0.2) is 5.69 Å². The van der Waals surface area contributed by atoms with Gasteiger partial charge in [-0.1, -0.05) is 87.9 Å². The molecular weight excluding hydrogens is 538 g/mol. The molecule has 7 nitrogen and oxygen atoms in total. The quantitative estimate of drug-likeness (QED) is 0.324. The van der Waals surface area contributed by atoms with E-state index in [-0.39, 0.29) is 16.2 Å². The summed E-state index contributed by atoms with van der Waals surface area (Å²) in [6.45, 7) is 0. The van der Waals surface area contributed by atoms with Crippen molar-refractivity contribution in [3.63, 3.8) is 0 Å². The van der Waals surface area contributed by atoms with Gasteiger partial charge in [0.25, 0.3) is 5.56 Å². The number of para-hydroxylation sites is 1.